The first-order chi connectivity index (χ1) is 8.88. The third-order valence-corrected chi connectivity index (χ3v) is 3.32. The van der Waals surface area contributed by atoms with E-state index in [1.165, 1.54) is 17.7 Å². The summed E-state index contributed by atoms with van der Waals surface area (Å²) in [6.45, 7) is 5.25. The summed E-state index contributed by atoms with van der Waals surface area (Å²) in [6.07, 6.45) is 0. The zero-order chi connectivity index (χ0) is 14.6. The van der Waals surface area contributed by atoms with Gasteiger partial charge in [0.1, 0.15) is 0 Å². The molecule has 1 rings (SSSR count). The number of nitrogens with one attached hydrogen (secondary N) is 1. The standard InChI is InChI=1S/C13H23N3O3/c1-9(2)11(8-19-5)14-7-10-6-12(17)16(4)13(18)15(10)3/h6,9,11,14H,7-8H2,1-5H3. The van der Waals surface area contributed by atoms with E-state index < -0.39 is 0 Å². The Balaban J connectivity index is 2.89. The highest BCUT2D eigenvalue weighted by molar-refractivity contribution is 5.02. The minimum Gasteiger partial charge on any atom is -0.383 e. The predicted octanol–water partition coefficient (Wildman–Crippen LogP) is -0.155. The van der Waals surface area contributed by atoms with Gasteiger partial charge in [-0.25, -0.2) is 4.79 Å². The van der Waals surface area contributed by atoms with Crippen LogP contribution in [0, 0.1) is 5.92 Å². The molecule has 108 valence electrons. The van der Waals surface area contributed by atoms with Crippen molar-refractivity contribution >= 4 is 0 Å². The normalized spacial score (nSPS) is 12.9. The molecule has 6 nitrogen and oxygen atoms in total. The van der Waals surface area contributed by atoms with E-state index in [4.69, 9.17) is 4.74 Å². The Morgan fingerprint density at radius 3 is 2.42 bits per heavy atom. The van der Waals surface area contributed by atoms with Crippen molar-refractivity contribution in [3.05, 3.63) is 32.6 Å². The summed E-state index contributed by atoms with van der Waals surface area (Å²) < 4.78 is 7.73. The van der Waals surface area contributed by atoms with Gasteiger partial charge in [0.05, 0.1) is 6.61 Å². The van der Waals surface area contributed by atoms with Gasteiger partial charge in [0.2, 0.25) is 0 Å². The lowest BCUT2D eigenvalue weighted by Gasteiger charge is -2.22. The Morgan fingerprint density at radius 2 is 1.89 bits per heavy atom. The fraction of sp³-hybridized carbons (Fsp3) is 0.692. The molecule has 19 heavy (non-hydrogen) atoms. The fourth-order valence-corrected chi connectivity index (χ4v) is 1.85. The number of aromatic nitrogens is 2. The molecular formula is C13H23N3O3. The van der Waals surface area contributed by atoms with Crippen molar-refractivity contribution in [1.82, 2.24) is 14.5 Å². The Hall–Kier alpha value is -1.40. The second kappa shape index (κ2) is 6.68. The maximum absolute atomic E-state index is 11.8. The maximum atomic E-state index is 11.8. The Bertz CT molecular complexity index is 531. The smallest absolute Gasteiger partial charge is 0.330 e. The molecule has 0 saturated carbocycles. The van der Waals surface area contributed by atoms with Crippen LogP contribution in [0.25, 0.3) is 0 Å². The summed E-state index contributed by atoms with van der Waals surface area (Å²) >= 11 is 0. The first kappa shape index (κ1) is 15.7. The lowest BCUT2D eigenvalue weighted by Crippen LogP contribution is -2.42. The van der Waals surface area contributed by atoms with Crippen LogP contribution in [-0.4, -0.2) is 28.9 Å². The van der Waals surface area contributed by atoms with Crippen molar-refractivity contribution < 1.29 is 4.74 Å². The summed E-state index contributed by atoms with van der Waals surface area (Å²) in [5, 5.41) is 3.32. The zero-order valence-corrected chi connectivity index (χ0v) is 12.3. The van der Waals surface area contributed by atoms with Crippen LogP contribution in [0.15, 0.2) is 15.7 Å². The van der Waals surface area contributed by atoms with Crippen molar-refractivity contribution in [2.75, 3.05) is 13.7 Å². The second-order valence-electron chi connectivity index (χ2n) is 5.06. The number of nitrogens with zero attached hydrogens (tertiary/aromatic N) is 2. The summed E-state index contributed by atoms with van der Waals surface area (Å²) in [5.41, 5.74) is 0.0831. The monoisotopic (exact) mass is 269 g/mol. The van der Waals surface area contributed by atoms with Gasteiger partial charge in [-0.2, -0.15) is 0 Å². The number of methoxy groups -OCH3 is 1. The van der Waals surface area contributed by atoms with Crippen molar-refractivity contribution in [3.63, 3.8) is 0 Å². The first-order valence-electron chi connectivity index (χ1n) is 6.36. The van der Waals surface area contributed by atoms with Crippen molar-refractivity contribution in [2.24, 2.45) is 20.0 Å². The quantitative estimate of drug-likeness (QED) is 0.779. The van der Waals surface area contributed by atoms with Crippen LogP contribution in [0.1, 0.15) is 19.5 Å². The van der Waals surface area contributed by atoms with Gasteiger partial charge in [-0.3, -0.25) is 13.9 Å². The molecule has 1 N–H and O–H groups in total. The molecule has 0 aliphatic heterocycles. The molecule has 0 saturated heterocycles. The van der Waals surface area contributed by atoms with Gasteiger partial charge in [-0.15, -0.1) is 0 Å². The average molecular weight is 269 g/mol. The summed E-state index contributed by atoms with van der Waals surface area (Å²) in [7, 11) is 4.80. The number of ether oxygens (including phenoxy) is 1. The second-order valence-corrected chi connectivity index (χ2v) is 5.06. The van der Waals surface area contributed by atoms with E-state index in [-0.39, 0.29) is 17.3 Å². The highest BCUT2D eigenvalue weighted by Gasteiger charge is 2.13. The molecule has 1 atom stereocenters. The topological polar surface area (TPSA) is 65.3 Å². The lowest BCUT2D eigenvalue weighted by molar-refractivity contribution is 0.146. The van der Waals surface area contributed by atoms with Gasteiger partial charge in [0.25, 0.3) is 5.56 Å². The van der Waals surface area contributed by atoms with E-state index in [9.17, 15) is 9.59 Å². The summed E-state index contributed by atoms with van der Waals surface area (Å²) in [6, 6.07) is 1.67. The Labute approximate surface area is 113 Å². The zero-order valence-electron chi connectivity index (χ0n) is 12.3. The molecule has 0 bridgehead atoms. The Morgan fingerprint density at radius 1 is 1.26 bits per heavy atom. The minimum absolute atomic E-state index is 0.184. The van der Waals surface area contributed by atoms with Gasteiger partial charge in [0.15, 0.2) is 0 Å². The van der Waals surface area contributed by atoms with Crippen LogP contribution in [0.4, 0.5) is 0 Å². The lowest BCUT2D eigenvalue weighted by atomic mass is 10.1. The molecule has 0 spiro atoms. The first-order valence-corrected chi connectivity index (χ1v) is 6.36. The Kier molecular flexibility index (Phi) is 5.50. The number of hydrogen-bond acceptors (Lipinski definition) is 4. The summed E-state index contributed by atoms with van der Waals surface area (Å²) in [5.74, 6) is 0.406. The van der Waals surface area contributed by atoms with E-state index >= 15 is 0 Å². The highest BCUT2D eigenvalue weighted by atomic mass is 16.5. The molecular weight excluding hydrogens is 246 g/mol. The molecule has 0 amide bonds. The van der Waals surface area contributed by atoms with E-state index in [0.29, 0.717) is 24.8 Å². The fourth-order valence-electron chi connectivity index (χ4n) is 1.85. The van der Waals surface area contributed by atoms with Crippen LogP contribution in [-0.2, 0) is 25.4 Å². The van der Waals surface area contributed by atoms with Gasteiger partial charge in [0, 0.05) is 45.6 Å². The molecule has 1 aromatic rings. The van der Waals surface area contributed by atoms with Crippen LogP contribution in [0.3, 0.4) is 0 Å². The van der Waals surface area contributed by atoms with E-state index in [2.05, 4.69) is 19.2 Å². The van der Waals surface area contributed by atoms with Crippen molar-refractivity contribution in [3.8, 4) is 0 Å². The molecule has 1 unspecified atom stereocenters. The largest absolute Gasteiger partial charge is 0.383 e. The van der Waals surface area contributed by atoms with Crippen LogP contribution < -0.4 is 16.6 Å². The summed E-state index contributed by atoms with van der Waals surface area (Å²) in [4.78, 5) is 23.4. The molecule has 0 fully saturated rings. The molecule has 0 aliphatic carbocycles. The highest BCUT2D eigenvalue weighted by Crippen LogP contribution is 2.03. The van der Waals surface area contributed by atoms with Gasteiger partial charge in [-0.1, -0.05) is 13.8 Å². The van der Waals surface area contributed by atoms with Crippen LogP contribution >= 0.6 is 0 Å². The average Bonchev–Trinajstić information content (AvgIpc) is 2.37. The number of rotatable bonds is 6. The third-order valence-electron chi connectivity index (χ3n) is 3.32. The third kappa shape index (κ3) is 3.78. The van der Waals surface area contributed by atoms with Crippen molar-refractivity contribution in [2.45, 2.75) is 26.4 Å². The van der Waals surface area contributed by atoms with Crippen LogP contribution in [0.2, 0.25) is 0 Å². The SMILES string of the molecule is COCC(NCc1cc(=O)n(C)c(=O)n1C)C(C)C. The van der Waals surface area contributed by atoms with E-state index in [1.54, 1.807) is 14.2 Å². The van der Waals surface area contributed by atoms with Gasteiger partial charge >= 0.3 is 5.69 Å². The molecule has 6 heteroatoms. The van der Waals surface area contributed by atoms with Crippen LogP contribution in [0.5, 0.6) is 0 Å². The molecule has 0 aromatic carbocycles. The van der Waals surface area contributed by atoms with Gasteiger partial charge in [-0.05, 0) is 5.92 Å². The molecule has 1 heterocycles. The molecule has 1 aromatic heterocycles. The molecule has 0 aliphatic rings. The minimum atomic E-state index is -0.308. The van der Waals surface area contributed by atoms with E-state index in [1.807, 2.05) is 0 Å². The van der Waals surface area contributed by atoms with Crippen molar-refractivity contribution in [1.29, 1.82) is 0 Å². The van der Waals surface area contributed by atoms with E-state index in [0.717, 1.165) is 4.57 Å². The molecule has 0 radical (unpaired) electrons. The van der Waals surface area contributed by atoms with Gasteiger partial charge < -0.3 is 10.1 Å². The predicted molar refractivity (Wildman–Crippen MR) is 74.3 cm³/mol. The maximum Gasteiger partial charge on any atom is 0.330 e. The number of hydrogen-bond donors (Lipinski definition) is 1.